The van der Waals surface area contributed by atoms with E-state index >= 15 is 0 Å². The number of likely N-dealkylation sites (N-methyl/N-ethyl adjacent to an activating group) is 1. The van der Waals surface area contributed by atoms with Gasteiger partial charge in [0.05, 0.1) is 0 Å². The molecule has 96 valence electrons. The molecule has 0 radical (unpaired) electrons. The topological polar surface area (TPSA) is 46.3 Å². The number of nitrogens with zero attached hydrogens (tertiary/aromatic N) is 1. The molecule has 3 heteroatoms. The molecule has 3 rings (SSSR count). The van der Waals surface area contributed by atoms with Gasteiger partial charge in [0.25, 0.3) is 0 Å². The first kappa shape index (κ1) is 11.6. The van der Waals surface area contributed by atoms with Crippen LogP contribution in [0.2, 0.25) is 0 Å². The van der Waals surface area contributed by atoms with Gasteiger partial charge in [-0.2, -0.15) is 0 Å². The summed E-state index contributed by atoms with van der Waals surface area (Å²) in [7, 11) is 1.95. The molecule has 2 atom stereocenters. The summed E-state index contributed by atoms with van der Waals surface area (Å²) >= 11 is 0. The monoisotopic (exact) mass is 244 g/mol. The summed E-state index contributed by atoms with van der Waals surface area (Å²) in [6.45, 7) is 2.30. The van der Waals surface area contributed by atoms with E-state index in [2.05, 4.69) is 19.1 Å². The van der Waals surface area contributed by atoms with E-state index in [9.17, 15) is 4.79 Å². The maximum Gasteiger partial charge on any atom is 0.222 e. The Morgan fingerprint density at radius 2 is 2.17 bits per heavy atom. The van der Waals surface area contributed by atoms with Gasteiger partial charge >= 0.3 is 0 Å². The quantitative estimate of drug-likeness (QED) is 0.710. The summed E-state index contributed by atoms with van der Waals surface area (Å²) < 4.78 is 0. The van der Waals surface area contributed by atoms with Crippen LogP contribution in [0.1, 0.15) is 37.3 Å². The van der Waals surface area contributed by atoms with Gasteiger partial charge in [-0.15, -0.1) is 0 Å². The summed E-state index contributed by atoms with van der Waals surface area (Å²) in [5.74, 6) is 0.288. The number of benzene rings is 1. The Morgan fingerprint density at radius 3 is 2.94 bits per heavy atom. The lowest BCUT2D eigenvalue weighted by Crippen LogP contribution is -2.56. The van der Waals surface area contributed by atoms with Crippen LogP contribution in [-0.2, 0) is 16.6 Å². The van der Waals surface area contributed by atoms with Gasteiger partial charge in [-0.25, -0.2) is 0 Å². The maximum atomic E-state index is 11.9. The fourth-order valence-corrected chi connectivity index (χ4v) is 3.81. The predicted octanol–water partition coefficient (Wildman–Crippen LogP) is 2.09. The number of hydrogen-bond acceptors (Lipinski definition) is 2. The number of piperidine rings is 1. The highest BCUT2D eigenvalue weighted by molar-refractivity contribution is 5.78. The van der Waals surface area contributed by atoms with Gasteiger partial charge in [0.1, 0.15) is 0 Å². The van der Waals surface area contributed by atoms with Crippen molar-refractivity contribution in [3.63, 3.8) is 0 Å². The zero-order chi connectivity index (χ0) is 12.9. The number of aryl methyl sites for hydroxylation is 1. The van der Waals surface area contributed by atoms with Crippen molar-refractivity contribution in [3.8, 4) is 0 Å². The SMILES string of the molecule is CN1C(=O)CC[C@]2(C)c3ccc(N)cc3CCC12. The van der Waals surface area contributed by atoms with Crippen LogP contribution >= 0.6 is 0 Å². The predicted molar refractivity (Wildman–Crippen MR) is 72.3 cm³/mol. The summed E-state index contributed by atoms with van der Waals surface area (Å²) in [6, 6.07) is 6.60. The molecule has 1 amide bonds. The molecule has 1 aromatic carbocycles. The second-order valence-electron chi connectivity index (χ2n) is 5.89. The molecule has 0 spiro atoms. The molecular formula is C15H20N2O. The Morgan fingerprint density at radius 1 is 1.39 bits per heavy atom. The van der Waals surface area contributed by atoms with E-state index in [1.807, 2.05) is 18.0 Å². The third-order valence-electron chi connectivity index (χ3n) is 4.89. The zero-order valence-corrected chi connectivity index (χ0v) is 11.1. The van der Waals surface area contributed by atoms with Crippen LogP contribution in [0.3, 0.4) is 0 Å². The van der Waals surface area contributed by atoms with Gasteiger partial charge in [-0.1, -0.05) is 13.0 Å². The molecular weight excluding hydrogens is 224 g/mol. The van der Waals surface area contributed by atoms with Gasteiger partial charge in [0.2, 0.25) is 5.91 Å². The molecule has 2 N–H and O–H groups in total. The molecule has 0 bridgehead atoms. The lowest BCUT2D eigenvalue weighted by atomic mass is 9.63. The lowest BCUT2D eigenvalue weighted by molar-refractivity contribution is -0.138. The Balaban J connectivity index is 2.09. The van der Waals surface area contributed by atoms with E-state index in [1.165, 1.54) is 11.1 Å². The number of fused-ring (bicyclic) bond motifs is 3. The van der Waals surface area contributed by atoms with Crippen LogP contribution in [-0.4, -0.2) is 23.9 Å². The molecule has 2 aliphatic rings. The molecule has 1 saturated heterocycles. The number of carbonyl (C=O) groups excluding carboxylic acids is 1. The van der Waals surface area contributed by atoms with Crippen LogP contribution in [0.15, 0.2) is 18.2 Å². The molecule has 1 heterocycles. The van der Waals surface area contributed by atoms with Crippen molar-refractivity contribution < 1.29 is 4.79 Å². The van der Waals surface area contributed by atoms with Crippen LogP contribution < -0.4 is 5.73 Å². The summed E-state index contributed by atoms with van der Waals surface area (Å²) in [4.78, 5) is 13.8. The number of nitrogen functional groups attached to an aromatic ring is 1. The maximum absolute atomic E-state index is 11.9. The lowest BCUT2D eigenvalue weighted by Gasteiger charge is -2.50. The smallest absolute Gasteiger partial charge is 0.222 e. The number of likely N-dealkylation sites (tertiary alicyclic amines) is 1. The molecule has 1 aliphatic carbocycles. The van der Waals surface area contributed by atoms with Gasteiger partial charge in [-0.3, -0.25) is 4.79 Å². The fourth-order valence-electron chi connectivity index (χ4n) is 3.81. The highest BCUT2D eigenvalue weighted by Crippen LogP contribution is 2.45. The largest absolute Gasteiger partial charge is 0.399 e. The minimum Gasteiger partial charge on any atom is -0.399 e. The van der Waals surface area contributed by atoms with Gasteiger partial charge in [0, 0.05) is 30.6 Å². The Kier molecular flexibility index (Phi) is 2.40. The van der Waals surface area contributed by atoms with Crippen molar-refractivity contribution in [1.29, 1.82) is 0 Å². The van der Waals surface area contributed by atoms with Crippen LogP contribution in [0.25, 0.3) is 0 Å². The molecule has 1 fully saturated rings. The fraction of sp³-hybridized carbons (Fsp3) is 0.533. The van der Waals surface area contributed by atoms with Gasteiger partial charge < -0.3 is 10.6 Å². The highest BCUT2D eigenvalue weighted by atomic mass is 16.2. The average Bonchev–Trinajstić information content (AvgIpc) is 2.34. The summed E-state index contributed by atoms with van der Waals surface area (Å²) in [6.07, 6.45) is 3.69. The molecule has 3 nitrogen and oxygen atoms in total. The van der Waals surface area contributed by atoms with E-state index in [0.717, 1.165) is 24.9 Å². The first-order valence-corrected chi connectivity index (χ1v) is 6.67. The minimum atomic E-state index is 0.101. The van der Waals surface area contributed by atoms with Crippen molar-refractivity contribution in [3.05, 3.63) is 29.3 Å². The van der Waals surface area contributed by atoms with Crippen molar-refractivity contribution in [2.24, 2.45) is 0 Å². The molecule has 1 aromatic rings. The molecule has 0 saturated carbocycles. The van der Waals surface area contributed by atoms with E-state index in [0.29, 0.717) is 12.5 Å². The Hall–Kier alpha value is -1.51. The zero-order valence-electron chi connectivity index (χ0n) is 11.1. The number of carbonyl (C=O) groups is 1. The summed E-state index contributed by atoms with van der Waals surface area (Å²) in [5, 5.41) is 0. The van der Waals surface area contributed by atoms with Gasteiger partial charge in [0.15, 0.2) is 0 Å². The molecule has 18 heavy (non-hydrogen) atoms. The third-order valence-corrected chi connectivity index (χ3v) is 4.89. The normalized spacial score (nSPS) is 30.9. The second-order valence-corrected chi connectivity index (χ2v) is 5.89. The van der Waals surface area contributed by atoms with Crippen molar-refractivity contribution in [2.45, 2.75) is 44.1 Å². The minimum absolute atomic E-state index is 0.101. The standard InChI is InChI=1S/C15H20N2O/c1-15-8-7-14(18)17(2)13(15)6-3-10-9-11(16)4-5-12(10)15/h4-5,9,13H,3,6-8,16H2,1-2H3/t13?,15-/m1/s1. The van der Waals surface area contributed by atoms with Crippen molar-refractivity contribution >= 4 is 11.6 Å². The molecule has 0 aromatic heterocycles. The van der Waals surface area contributed by atoms with E-state index in [4.69, 9.17) is 5.73 Å². The van der Waals surface area contributed by atoms with E-state index in [-0.39, 0.29) is 11.3 Å². The Bertz CT molecular complexity index is 511. The van der Waals surface area contributed by atoms with Crippen molar-refractivity contribution in [2.75, 3.05) is 12.8 Å². The Labute approximate surface area is 108 Å². The van der Waals surface area contributed by atoms with Gasteiger partial charge in [-0.05, 0) is 42.5 Å². The first-order chi connectivity index (χ1) is 8.52. The third kappa shape index (κ3) is 1.46. The van der Waals surface area contributed by atoms with Crippen LogP contribution in [0.5, 0.6) is 0 Å². The van der Waals surface area contributed by atoms with Crippen LogP contribution in [0, 0.1) is 0 Å². The number of anilines is 1. The molecule has 1 aliphatic heterocycles. The number of amides is 1. The number of rotatable bonds is 0. The average molecular weight is 244 g/mol. The first-order valence-electron chi connectivity index (χ1n) is 6.67. The highest BCUT2D eigenvalue weighted by Gasteiger charge is 2.46. The van der Waals surface area contributed by atoms with E-state index < -0.39 is 0 Å². The van der Waals surface area contributed by atoms with Crippen molar-refractivity contribution in [1.82, 2.24) is 4.90 Å². The van der Waals surface area contributed by atoms with Crippen LogP contribution in [0.4, 0.5) is 5.69 Å². The summed E-state index contributed by atoms with van der Waals surface area (Å²) in [5.41, 5.74) is 9.59. The second kappa shape index (κ2) is 3.74. The number of hydrogen-bond donors (Lipinski definition) is 1. The van der Waals surface area contributed by atoms with E-state index in [1.54, 1.807) is 0 Å². The number of nitrogens with two attached hydrogens (primary N) is 1. The molecule has 1 unspecified atom stereocenters.